The maximum absolute atomic E-state index is 13.0. The number of halogens is 1. The van der Waals surface area contributed by atoms with Crippen LogP contribution in [0.25, 0.3) is 11.5 Å². The minimum atomic E-state index is -0.255. The van der Waals surface area contributed by atoms with Gasteiger partial charge in [-0.2, -0.15) is 0 Å². The third-order valence-corrected chi connectivity index (χ3v) is 5.15. The smallest absolute Gasteiger partial charge is 0.226 e. The Hall–Kier alpha value is -2.50. The summed E-state index contributed by atoms with van der Waals surface area (Å²) >= 11 is 0. The summed E-state index contributed by atoms with van der Waals surface area (Å²) in [5.74, 6) is 0.289. The molecular weight excluding hydrogens is 341 g/mol. The summed E-state index contributed by atoms with van der Waals surface area (Å²) in [6, 6.07) is 14.8. The molecule has 27 heavy (non-hydrogen) atoms. The van der Waals surface area contributed by atoms with E-state index in [1.54, 1.807) is 18.4 Å². The zero-order chi connectivity index (χ0) is 18.6. The van der Waals surface area contributed by atoms with Crippen LogP contribution in [0, 0.1) is 12.7 Å². The third kappa shape index (κ3) is 4.43. The molecule has 2 heterocycles. The lowest BCUT2D eigenvalue weighted by Crippen LogP contribution is -2.45. The zero-order valence-corrected chi connectivity index (χ0v) is 15.6. The molecule has 0 spiro atoms. The topological polar surface area (TPSA) is 32.5 Å². The number of hydrogen-bond acceptors (Lipinski definition) is 4. The van der Waals surface area contributed by atoms with Crippen molar-refractivity contribution in [2.45, 2.75) is 20.0 Å². The predicted molar refractivity (Wildman–Crippen MR) is 104 cm³/mol. The predicted octanol–water partition coefficient (Wildman–Crippen LogP) is 4.11. The number of oxazole rings is 1. The van der Waals surface area contributed by atoms with Crippen LogP contribution in [0.5, 0.6) is 0 Å². The molecule has 0 aliphatic carbocycles. The third-order valence-electron chi connectivity index (χ3n) is 5.15. The summed E-state index contributed by atoms with van der Waals surface area (Å²) < 4.78 is 18.6. The van der Waals surface area contributed by atoms with Gasteiger partial charge in [-0.05, 0) is 42.3 Å². The van der Waals surface area contributed by atoms with Gasteiger partial charge in [0, 0.05) is 44.8 Å². The monoisotopic (exact) mass is 365 g/mol. The second kappa shape index (κ2) is 8.03. The quantitative estimate of drug-likeness (QED) is 0.681. The molecule has 1 aromatic heterocycles. The van der Waals surface area contributed by atoms with E-state index in [9.17, 15) is 4.39 Å². The van der Waals surface area contributed by atoms with E-state index < -0.39 is 0 Å². The summed E-state index contributed by atoms with van der Waals surface area (Å²) in [5.41, 5.74) is 4.48. The number of aryl methyl sites for hydroxylation is 1. The van der Waals surface area contributed by atoms with Crippen molar-refractivity contribution in [2.24, 2.45) is 0 Å². The van der Waals surface area contributed by atoms with E-state index in [1.165, 1.54) is 23.3 Å². The van der Waals surface area contributed by atoms with Crippen molar-refractivity contribution in [3.63, 3.8) is 0 Å². The summed E-state index contributed by atoms with van der Waals surface area (Å²) in [6.07, 6.45) is 1.71. The molecule has 0 radical (unpaired) electrons. The summed E-state index contributed by atoms with van der Waals surface area (Å²) in [5, 5.41) is 0. The summed E-state index contributed by atoms with van der Waals surface area (Å²) in [4.78, 5) is 9.47. The number of hydrogen-bond donors (Lipinski definition) is 0. The first-order valence-corrected chi connectivity index (χ1v) is 9.37. The number of benzene rings is 2. The number of piperazine rings is 1. The van der Waals surface area contributed by atoms with Gasteiger partial charge in [-0.1, -0.05) is 24.3 Å². The molecule has 2 aromatic carbocycles. The van der Waals surface area contributed by atoms with Gasteiger partial charge in [-0.15, -0.1) is 0 Å². The van der Waals surface area contributed by atoms with Crippen molar-refractivity contribution >= 4 is 0 Å². The molecule has 4 rings (SSSR count). The molecule has 0 saturated carbocycles. The SMILES string of the molecule is Cc1ccccc1CN1CCN(Cc2coc(-c3ccc(F)cc3)n2)CC1. The van der Waals surface area contributed by atoms with Crippen LogP contribution in [-0.4, -0.2) is 41.0 Å². The van der Waals surface area contributed by atoms with Crippen molar-refractivity contribution in [2.75, 3.05) is 26.2 Å². The second-order valence-corrected chi connectivity index (χ2v) is 7.13. The number of rotatable bonds is 5. The van der Waals surface area contributed by atoms with E-state index >= 15 is 0 Å². The summed E-state index contributed by atoms with van der Waals surface area (Å²) in [6.45, 7) is 8.11. The largest absolute Gasteiger partial charge is 0.444 e. The van der Waals surface area contributed by atoms with Crippen LogP contribution in [0.2, 0.25) is 0 Å². The van der Waals surface area contributed by atoms with Gasteiger partial charge in [-0.3, -0.25) is 9.80 Å². The molecule has 0 atom stereocenters. The standard InChI is InChI=1S/C22H24FN3O/c1-17-4-2-3-5-19(17)14-25-10-12-26(13-11-25)15-21-16-27-22(24-21)18-6-8-20(23)9-7-18/h2-9,16H,10-15H2,1H3. The minimum absolute atomic E-state index is 0.255. The Kier molecular flexibility index (Phi) is 5.32. The first-order chi connectivity index (χ1) is 13.2. The number of aromatic nitrogens is 1. The average Bonchev–Trinajstić information content (AvgIpc) is 3.14. The van der Waals surface area contributed by atoms with Crippen LogP contribution in [0.4, 0.5) is 4.39 Å². The van der Waals surface area contributed by atoms with Crippen molar-refractivity contribution in [3.05, 3.63) is 77.4 Å². The normalized spacial score (nSPS) is 15.9. The molecule has 1 aliphatic heterocycles. The Morgan fingerprint density at radius 2 is 1.59 bits per heavy atom. The average molecular weight is 365 g/mol. The van der Waals surface area contributed by atoms with Gasteiger partial charge in [-0.25, -0.2) is 9.37 Å². The van der Waals surface area contributed by atoms with Gasteiger partial charge in [0.15, 0.2) is 0 Å². The van der Waals surface area contributed by atoms with Crippen molar-refractivity contribution in [3.8, 4) is 11.5 Å². The second-order valence-electron chi connectivity index (χ2n) is 7.13. The fourth-order valence-corrected chi connectivity index (χ4v) is 3.47. The fraction of sp³-hybridized carbons (Fsp3) is 0.318. The van der Waals surface area contributed by atoms with Gasteiger partial charge in [0.25, 0.3) is 0 Å². The van der Waals surface area contributed by atoms with Crippen LogP contribution in [0.15, 0.2) is 59.2 Å². The lowest BCUT2D eigenvalue weighted by atomic mass is 10.1. The van der Waals surface area contributed by atoms with Gasteiger partial charge < -0.3 is 4.42 Å². The lowest BCUT2D eigenvalue weighted by molar-refractivity contribution is 0.121. The van der Waals surface area contributed by atoms with E-state index in [4.69, 9.17) is 4.42 Å². The van der Waals surface area contributed by atoms with Crippen LogP contribution in [0.3, 0.4) is 0 Å². The fourth-order valence-electron chi connectivity index (χ4n) is 3.47. The molecule has 1 aliphatic rings. The summed E-state index contributed by atoms with van der Waals surface area (Å²) in [7, 11) is 0. The number of nitrogens with zero attached hydrogens (tertiary/aromatic N) is 3. The molecule has 0 amide bonds. The van der Waals surface area contributed by atoms with E-state index in [2.05, 4.69) is 46.0 Å². The van der Waals surface area contributed by atoms with Gasteiger partial charge >= 0.3 is 0 Å². The minimum Gasteiger partial charge on any atom is -0.444 e. The first-order valence-electron chi connectivity index (χ1n) is 9.37. The highest BCUT2D eigenvalue weighted by Gasteiger charge is 2.19. The van der Waals surface area contributed by atoms with E-state index in [0.29, 0.717) is 5.89 Å². The molecule has 0 unspecified atom stereocenters. The highest BCUT2D eigenvalue weighted by atomic mass is 19.1. The van der Waals surface area contributed by atoms with E-state index in [1.807, 2.05) is 0 Å². The lowest BCUT2D eigenvalue weighted by Gasteiger charge is -2.34. The Balaban J connectivity index is 1.31. The van der Waals surface area contributed by atoms with Crippen molar-refractivity contribution in [1.29, 1.82) is 0 Å². The van der Waals surface area contributed by atoms with Crippen molar-refractivity contribution in [1.82, 2.24) is 14.8 Å². The van der Waals surface area contributed by atoms with Crippen LogP contribution in [0.1, 0.15) is 16.8 Å². The first kappa shape index (κ1) is 17.9. The van der Waals surface area contributed by atoms with Crippen LogP contribution < -0.4 is 0 Å². The highest BCUT2D eigenvalue weighted by molar-refractivity contribution is 5.52. The van der Waals surface area contributed by atoms with Crippen molar-refractivity contribution < 1.29 is 8.81 Å². The van der Waals surface area contributed by atoms with Gasteiger partial charge in [0.05, 0.1) is 5.69 Å². The van der Waals surface area contributed by atoms with Crippen LogP contribution in [-0.2, 0) is 13.1 Å². The highest BCUT2D eigenvalue weighted by Crippen LogP contribution is 2.20. The van der Waals surface area contributed by atoms with Gasteiger partial charge in [0.1, 0.15) is 12.1 Å². The molecule has 4 nitrogen and oxygen atoms in total. The van der Waals surface area contributed by atoms with E-state index in [-0.39, 0.29) is 5.82 Å². The molecule has 0 bridgehead atoms. The zero-order valence-electron chi connectivity index (χ0n) is 15.6. The molecule has 3 aromatic rings. The Morgan fingerprint density at radius 3 is 2.30 bits per heavy atom. The van der Waals surface area contributed by atoms with E-state index in [0.717, 1.165) is 50.5 Å². The maximum atomic E-state index is 13.0. The maximum Gasteiger partial charge on any atom is 0.226 e. The Bertz CT molecular complexity index is 883. The van der Waals surface area contributed by atoms with Crippen LogP contribution >= 0.6 is 0 Å². The molecule has 1 saturated heterocycles. The molecule has 5 heteroatoms. The van der Waals surface area contributed by atoms with Gasteiger partial charge in [0.2, 0.25) is 5.89 Å². The molecular formula is C22H24FN3O. The molecule has 1 fully saturated rings. The molecule has 140 valence electrons. The molecule has 0 N–H and O–H groups in total. The Labute approximate surface area is 159 Å². The Morgan fingerprint density at radius 1 is 0.926 bits per heavy atom.